The van der Waals surface area contributed by atoms with Crippen LogP contribution in [-0.4, -0.2) is 61.3 Å². The molecular weight excluding hydrogens is 352 g/mol. The maximum Gasteiger partial charge on any atom is 0.219 e. The van der Waals surface area contributed by atoms with E-state index in [1.807, 2.05) is 35.2 Å². The second-order valence-electron chi connectivity index (χ2n) is 7.59. The summed E-state index contributed by atoms with van der Waals surface area (Å²) in [6.45, 7) is 7.89. The number of nitrogens with zero attached hydrogens (tertiary/aromatic N) is 1. The third-order valence-electron chi connectivity index (χ3n) is 5.47. The maximum absolute atomic E-state index is 11.4. The lowest BCUT2D eigenvalue weighted by atomic mass is 9.97. The van der Waals surface area contributed by atoms with E-state index in [2.05, 4.69) is 31.2 Å². The molecule has 2 N–H and O–H groups in total. The zero-order chi connectivity index (χ0) is 19.9. The van der Waals surface area contributed by atoms with Crippen molar-refractivity contribution in [2.45, 2.75) is 26.1 Å². The Labute approximate surface area is 167 Å². The molecule has 5 heteroatoms. The van der Waals surface area contributed by atoms with Gasteiger partial charge in [0, 0.05) is 6.92 Å². The van der Waals surface area contributed by atoms with Crippen LogP contribution < -0.4 is 4.90 Å². The molecule has 2 atom stereocenters. The maximum atomic E-state index is 11.4. The number of carbonyl (C=O) groups is 1. The lowest BCUT2D eigenvalue weighted by Gasteiger charge is -2.32. The molecule has 3 rings (SSSR count). The Bertz CT molecular complexity index is 757. The van der Waals surface area contributed by atoms with Crippen molar-refractivity contribution in [1.29, 1.82) is 0 Å². The van der Waals surface area contributed by atoms with Crippen molar-refractivity contribution >= 4 is 5.91 Å². The number of benzene rings is 2. The zero-order valence-corrected chi connectivity index (χ0v) is 16.8. The second kappa shape index (κ2) is 9.82. The van der Waals surface area contributed by atoms with Crippen LogP contribution in [0.15, 0.2) is 54.6 Å². The first-order valence-electron chi connectivity index (χ1n) is 10.0. The number of nitrogens with one attached hydrogen (secondary N) is 1. The van der Waals surface area contributed by atoms with Gasteiger partial charge in [-0.25, -0.2) is 0 Å². The molecule has 0 spiro atoms. The second-order valence-corrected chi connectivity index (χ2v) is 7.59. The fourth-order valence-corrected chi connectivity index (χ4v) is 3.82. The summed E-state index contributed by atoms with van der Waals surface area (Å²) < 4.78 is 6.23. The van der Waals surface area contributed by atoms with E-state index in [9.17, 15) is 9.90 Å². The van der Waals surface area contributed by atoms with Crippen molar-refractivity contribution in [2.75, 3.05) is 39.3 Å². The monoisotopic (exact) mass is 383 g/mol. The van der Waals surface area contributed by atoms with Gasteiger partial charge in [-0.1, -0.05) is 54.6 Å². The van der Waals surface area contributed by atoms with Gasteiger partial charge in [0.05, 0.1) is 32.8 Å². The molecule has 0 unspecified atom stereocenters. The molecule has 0 aliphatic carbocycles. The van der Waals surface area contributed by atoms with E-state index in [-0.39, 0.29) is 18.6 Å². The predicted molar refractivity (Wildman–Crippen MR) is 109 cm³/mol. The highest BCUT2D eigenvalue weighted by molar-refractivity contribution is 5.73. The number of piperazine rings is 1. The van der Waals surface area contributed by atoms with Crippen LogP contribution in [0.1, 0.15) is 29.7 Å². The summed E-state index contributed by atoms with van der Waals surface area (Å²) in [5.74, 6) is 0.131. The minimum absolute atomic E-state index is 0.131. The molecule has 1 heterocycles. The molecule has 150 valence electrons. The quantitative estimate of drug-likeness (QED) is 0.756. The Morgan fingerprint density at radius 1 is 1.11 bits per heavy atom. The molecule has 1 aliphatic rings. The van der Waals surface area contributed by atoms with Crippen LogP contribution in [0.2, 0.25) is 0 Å². The lowest BCUT2D eigenvalue weighted by molar-refractivity contribution is -0.907. The first kappa shape index (κ1) is 20.5. The van der Waals surface area contributed by atoms with Crippen molar-refractivity contribution in [3.8, 4) is 0 Å². The Kier molecular flexibility index (Phi) is 7.20. The molecule has 1 saturated heterocycles. The van der Waals surface area contributed by atoms with Crippen LogP contribution in [0.4, 0.5) is 0 Å². The number of aliphatic hydroxyl groups is 1. The van der Waals surface area contributed by atoms with Crippen LogP contribution in [-0.2, 0) is 9.53 Å². The molecule has 2 aromatic carbocycles. The number of hydrogen-bond acceptors (Lipinski definition) is 3. The minimum atomic E-state index is -0.533. The normalized spacial score (nSPS) is 17.3. The Morgan fingerprint density at radius 2 is 1.75 bits per heavy atom. The molecule has 5 nitrogen and oxygen atoms in total. The van der Waals surface area contributed by atoms with Crippen molar-refractivity contribution in [2.24, 2.45) is 0 Å². The number of ether oxygens (including phenoxy) is 1. The van der Waals surface area contributed by atoms with Crippen molar-refractivity contribution in [3.63, 3.8) is 0 Å². The summed E-state index contributed by atoms with van der Waals surface area (Å²) in [6.07, 6.45) is -0.726. The van der Waals surface area contributed by atoms with Gasteiger partial charge in [0.25, 0.3) is 0 Å². The number of carbonyl (C=O) groups excluding carboxylic acids is 1. The molecule has 0 saturated carbocycles. The van der Waals surface area contributed by atoms with E-state index in [1.54, 1.807) is 6.92 Å². The predicted octanol–water partition coefficient (Wildman–Crippen LogP) is 1.21. The molecule has 1 aliphatic heterocycles. The average Bonchev–Trinajstić information content (AvgIpc) is 2.70. The van der Waals surface area contributed by atoms with Crippen LogP contribution in [0.3, 0.4) is 0 Å². The highest BCUT2D eigenvalue weighted by atomic mass is 16.5. The zero-order valence-electron chi connectivity index (χ0n) is 16.8. The number of hydrogen-bond donors (Lipinski definition) is 2. The van der Waals surface area contributed by atoms with Gasteiger partial charge in [-0.2, -0.15) is 0 Å². The van der Waals surface area contributed by atoms with Gasteiger partial charge < -0.3 is 19.6 Å². The van der Waals surface area contributed by atoms with E-state index >= 15 is 0 Å². The highest BCUT2D eigenvalue weighted by Gasteiger charge is 2.25. The number of aryl methyl sites for hydroxylation is 1. The van der Waals surface area contributed by atoms with E-state index < -0.39 is 6.10 Å². The molecule has 0 bridgehead atoms. The summed E-state index contributed by atoms with van der Waals surface area (Å²) in [6, 6.07) is 18.4. The summed E-state index contributed by atoms with van der Waals surface area (Å²) in [4.78, 5) is 14.6. The van der Waals surface area contributed by atoms with Crippen LogP contribution >= 0.6 is 0 Å². The highest BCUT2D eigenvalue weighted by Crippen LogP contribution is 2.28. The Hall–Kier alpha value is -2.21. The summed E-state index contributed by atoms with van der Waals surface area (Å²) in [5.41, 5.74) is 3.39. The summed E-state index contributed by atoms with van der Waals surface area (Å²) in [7, 11) is 0. The van der Waals surface area contributed by atoms with Crippen LogP contribution in [0.25, 0.3) is 0 Å². The largest absolute Gasteiger partial charge is 0.385 e. The van der Waals surface area contributed by atoms with Crippen LogP contribution in [0.5, 0.6) is 0 Å². The van der Waals surface area contributed by atoms with Crippen molar-refractivity contribution in [1.82, 2.24) is 4.90 Å². The van der Waals surface area contributed by atoms with E-state index in [4.69, 9.17) is 4.74 Å². The first-order valence-corrected chi connectivity index (χ1v) is 10.0. The van der Waals surface area contributed by atoms with Gasteiger partial charge >= 0.3 is 0 Å². The minimum Gasteiger partial charge on any atom is -0.385 e. The van der Waals surface area contributed by atoms with Gasteiger partial charge in [-0.05, 0) is 23.6 Å². The summed E-state index contributed by atoms with van der Waals surface area (Å²) in [5, 5.41) is 10.6. The third-order valence-corrected chi connectivity index (χ3v) is 5.47. The molecule has 0 aromatic heterocycles. The van der Waals surface area contributed by atoms with E-state index in [0.717, 1.165) is 37.3 Å². The Morgan fingerprint density at radius 3 is 2.39 bits per heavy atom. The molecule has 1 amide bonds. The van der Waals surface area contributed by atoms with Gasteiger partial charge in [0.1, 0.15) is 18.8 Å². The molecule has 2 aromatic rings. The standard InChI is InChI=1S/C23H30N2O3/c1-18-8-6-7-11-22(18)23(20-9-4-3-5-10-20)28-17-21(27)16-24-12-14-25(15-13-24)19(2)26/h3-11,21,23,27H,12-17H2,1-2H3/p+1/t21-,23+/m1/s1. The number of aliphatic hydroxyl groups excluding tert-OH is 1. The SMILES string of the molecule is CC(=O)N1CC[NH+](C[C@@H](O)CO[C@@H](c2ccccc2)c2ccccc2C)CC1. The van der Waals surface area contributed by atoms with E-state index in [0.29, 0.717) is 6.54 Å². The van der Waals surface area contributed by atoms with Crippen molar-refractivity contribution < 1.29 is 19.5 Å². The fourth-order valence-electron chi connectivity index (χ4n) is 3.82. The smallest absolute Gasteiger partial charge is 0.219 e. The topological polar surface area (TPSA) is 54.2 Å². The molecular formula is C23H31N2O3+. The number of quaternary nitrogens is 1. The lowest BCUT2D eigenvalue weighted by Crippen LogP contribution is -3.15. The number of rotatable bonds is 7. The molecule has 1 fully saturated rings. The summed E-state index contributed by atoms with van der Waals surface area (Å²) >= 11 is 0. The fraction of sp³-hybridized carbons (Fsp3) is 0.435. The third kappa shape index (κ3) is 5.41. The van der Waals surface area contributed by atoms with Gasteiger partial charge in [-0.3, -0.25) is 4.79 Å². The van der Waals surface area contributed by atoms with Crippen molar-refractivity contribution in [3.05, 3.63) is 71.3 Å². The first-order chi connectivity index (χ1) is 13.5. The van der Waals surface area contributed by atoms with Crippen LogP contribution in [0, 0.1) is 6.92 Å². The van der Waals surface area contributed by atoms with Gasteiger partial charge in [-0.15, -0.1) is 0 Å². The number of amides is 1. The Balaban J connectivity index is 1.59. The van der Waals surface area contributed by atoms with Gasteiger partial charge in [0.2, 0.25) is 5.91 Å². The van der Waals surface area contributed by atoms with E-state index in [1.165, 1.54) is 10.5 Å². The average molecular weight is 384 g/mol. The van der Waals surface area contributed by atoms with Gasteiger partial charge in [0.15, 0.2) is 0 Å². The molecule has 28 heavy (non-hydrogen) atoms. The molecule has 0 radical (unpaired) electrons.